The van der Waals surface area contributed by atoms with E-state index in [9.17, 15) is 5.26 Å². The molecule has 7 heteroatoms. The molecule has 1 aliphatic rings. The molecule has 0 radical (unpaired) electrons. The second kappa shape index (κ2) is 6.75. The first-order valence-corrected chi connectivity index (χ1v) is 7.79. The Balaban J connectivity index is 1.74. The molecule has 120 valence electrons. The standard InChI is InChI=1S/C16H20N6O/c1-10-11(2)20-22-16(13(10)8-17)18-9-12-4-3-7-23-15(12)14-5-6-19-21-14/h5-6,12,15H,3-4,7,9H2,1-2H3,(H,18,22)(H,19,21)/t12-,15+/m0/s1. The smallest absolute Gasteiger partial charge is 0.166 e. The number of aromatic nitrogens is 4. The summed E-state index contributed by atoms with van der Waals surface area (Å²) in [5.74, 6) is 0.837. The Kier molecular flexibility index (Phi) is 4.53. The third kappa shape index (κ3) is 3.17. The topological polar surface area (TPSA) is 99.5 Å². The number of aromatic amines is 1. The third-order valence-electron chi connectivity index (χ3n) is 4.37. The van der Waals surface area contributed by atoms with Crippen molar-refractivity contribution in [3.63, 3.8) is 0 Å². The van der Waals surface area contributed by atoms with Crippen molar-refractivity contribution >= 4 is 5.82 Å². The molecular weight excluding hydrogens is 292 g/mol. The lowest BCUT2D eigenvalue weighted by molar-refractivity contribution is -0.0264. The van der Waals surface area contributed by atoms with Crippen LogP contribution in [0.4, 0.5) is 5.82 Å². The summed E-state index contributed by atoms with van der Waals surface area (Å²) in [6.45, 7) is 5.18. The lowest BCUT2D eigenvalue weighted by Gasteiger charge is -2.31. The Labute approximate surface area is 135 Å². The van der Waals surface area contributed by atoms with Crippen LogP contribution in [0.3, 0.4) is 0 Å². The molecular formula is C16H20N6O. The second-order valence-electron chi connectivity index (χ2n) is 5.83. The minimum atomic E-state index is -0.0104. The van der Waals surface area contributed by atoms with Crippen LogP contribution in [0.2, 0.25) is 0 Å². The van der Waals surface area contributed by atoms with Crippen molar-refractivity contribution in [2.24, 2.45) is 5.92 Å². The highest BCUT2D eigenvalue weighted by molar-refractivity contribution is 5.55. The van der Waals surface area contributed by atoms with Crippen molar-refractivity contribution in [3.05, 3.63) is 34.8 Å². The minimum absolute atomic E-state index is 0.0104. The Morgan fingerprint density at radius 2 is 2.30 bits per heavy atom. The molecule has 1 saturated heterocycles. The Morgan fingerprint density at radius 3 is 3.04 bits per heavy atom. The van der Waals surface area contributed by atoms with E-state index in [-0.39, 0.29) is 6.10 Å². The van der Waals surface area contributed by atoms with Gasteiger partial charge in [0.1, 0.15) is 17.7 Å². The Morgan fingerprint density at radius 1 is 1.43 bits per heavy atom. The first-order valence-electron chi connectivity index (χ1n) is 7.79. The number of nitrogens with zero attached hydrogens (tertiary/aromatic N) is 4. The molecule has 1 fully saturated rings. The van der Waals surface area contributed by atoms with Crippen LogP contribution in [0.1, 0.15) is 41.5 Å². The number of nitriles is 1. The van der Waals surface area contributed by atoms with Crippen LogP contribution in [-0.2, 0) is 4.74 Å². The first-order chi connectivity index (χ1) is 11.2. The fraction of sp³-hybridized carbons (Fsp3) is 0.500. The lowest BCUT2D eigenvalue weighted by Crippen LogP contribution is -2.29. The molecule has 0 spiro atoms. The number of aryl methyl sites for hydroxylation is 1. The molecule has 7 nitrogen and oxygen atoms in total. The molecule has 3 heterocycles. The predicted molar refractivity (Wildman–Crippen MR) is 84.7 cm³/mol. The fourth-order valence-corrected chi connectivity index (χ4v) is 2.92. The normalized spacial score (nSPS) is 20.9. The zero-order valence-electron chi connectivity index (χ0n) is 13.3. The summed E-state index contributed by atoms with van der Waals surface area (Å²) in [7, 11) is 0. The van der Waals surface area contributed by atoms with E-state index in [1.54, 1.807) is 6.20 Å². The molecule has 2 aromatic rings. The number of hydrogen-bond donors (Lipinski definition) is 2. The average molecular weight is 312 g/mol. The van der Waals surface area contributed by atoms with Gasteiger partial charge in [-0.1, -0.05) is 0 Å². The first kappa shape index (κ1) is 15.4. The van der Waals surface area contributed by atoms with Crippen molar-refractivity contribution in [2.45, 2.75) is 32.8 Å². The summed E-state index contributed by atoms with van der Waals surface area (Å²) in [5.41, 5.74) is 3.20. The molecule has 0 amide bonds. The van der Waals surface area contributed by atoms with Crippen molar-refractivity contribution in [1.82, 2.24) is 20.4 Å². The predicted octanol–water partition coefficient (Wildman–Crippen LogP) is 2.27. The van der Waals surface area contributed by atoms with Gasteiger partial charge in [-0.2, -0.15) is 15.5 Å². The zero-order valence-corrected chi connectivity index (χ0v) is 13.3. The van der Waals surface area contributed by atoms with Crippen molar-refractivity contribution in [1.29, 1.82) is 5.26 Å². The van der Waals surface area contributed by atoms with Gasteiger partial charge in [0.2, 0.25) is 0 Å². The van der Waals surface area contributed by atoms with Gasteiger partial charge in [0.15, 0.2) is 5.82 Å². The van der Waals surface area contributed by atoms with Gasteiger partial charge >= 0.3 is 0 Å². The summed E-state index contributed by atoms with van der Waals surface area (Å²) in [6.07, 6.45) is 3.81. The molecule has 0 unspecified atom stereocenters. The highest BCUT2D eigenvalue weighted by atomic mass is 16.5. The Hall–Kier alpha value is -2.46. The molecule has 0 saturated carbocycles. The van der Waals surface area contributed by atoms with Gasteiger partial charge in [-0.25, -0.2) is 0 Å². The third-order valence-corrected chi connectivity index (χ3v) is 4.37. The molecule has 2 atom stereocenters. The molecule has 0 aliphatic carbocycles. The average Bonchev–Trinajstić information content (AvgIpc) is 3.10. The van der Waals surface area contributed by atoms with Crippen LogP contribution in [0, 0.1) is 31.1 Å². The number of hydrogen-bond acceptors (Lipinski definition) is 6. The van der Waals surface area contributed by atoms with Gasteiger partial charge in [0, 0.05) is 25.3 Å². The van der Waals surface area contributed by atoms with E-state index < -0.39 is 0 Å². The molecule has 2 N–H and O–H groups in total. The van der Waals surface area contributed by atoms with Crippen LogP contribution in [0.5, 0.6) is 0 Å². The largest absolute Gasteiger partial charge is 0.372 e. The van der Waals surface area contributed by atoms with E-state index >= 15 is 0 Å². The quantitative estimate of drug-likeness (QED) is 0.898. The van der Waals surface area contributed by atoms with Crippen LogP contribution in [0.15, 0.2) is 12.3 Å². The van der Waals surface area contributed by atoms with Crippen LogP contribution < -0.4 is 5.32 Å². The monoisotopic (exact) mass is 312 g/mol. The molecule has 0 bridgehead atoms. The second-order valence-corrected chi connectivity index (χ2v) is 5.83. The summed E-state index contributed by atoms with van der Waals surface area (Å²) < 4.78 is 5.91. The maximum absolute atomic E-state index is 9.37. The molecule has 0 aromatic carbocycles. The molecule has 23 heavy (non-hydrogen) atoms. The SMILES string of the molecule is Cc1nnc(NC[C@@H]2CCCO[C@H]2c2ccn[nH]2)c(C#N)c1C. The highest BCUT2D eigenvalue weighted by Crippen LogP contribution is 2.32. The number of rotatable bonds is 4. The van der Waals surface area contributed by atoms with E-state index in [1.807, 2.05) is 19.9 Å². The van der Waals surface area contributed by atoms with Crippen molar-refractivity contribution in [2.75, 3.05) is 18.5 Å². The van der Waals surface area contributed by atoms with Crippen LogP contribution in [-0.4, -0.2) is 33.5 Å². The molecule has 1 aliphatic heterocycles. The van der Waals surface area contributed by atoms with E-state index in [4.69, 9.17) is 4.74 Å². The maximum atomic E-state index is 9.37. The van der Waals surface area contributed by atoms with Gasteiger partial charge in [-0.05, 0) is 38.3 Å². The number of anilines is 1. The molecule has 3 rings (SSSR count). The zero-order chi connectivity index (χ0) is 16.2. The maximum Gasteiger partial charge on any atom is 0.166 e. The number of nitrogens with one attached hydrogen (secondary N) is 2. The summed E-state index contributed by atoms with van der Waals surface area (Å²) in [6, 6.07) is 4.16. The minimum Gasteiger partial charge on any atom is -0.372 e. The van der Waals surface area contributed by atoms with Crippen LogP contribution in [0.25, 0.3) is 0 Å². The van der Waals surface area contributed by atoms with Gasteiger partial charge in [-0.3, -0.25) is 5.10 Å². The van der Waals surface area contributed by atoms with Gasteiger partial charge in [0.05, 0.1) is 11.4 Å². The lowest BCUT2D eigenvalue weighted by atomic mass is 9.92. The highest BCUT2D eigenvalue weighted by Gasteiger charge is 2.28. The van der Waals surface area contributed by atoms with Gasteiger partial charge in [-0.15, -0.1) is 5.10 Å². The molecule has 2 aromatic heterocycles. The number of ether oxygens (including phenoxy) is 1. The van der Waals surface area contributed by atoms with Crippen LogP contribution >= 0.6 is 0 Å². The van der Waals surface area contributed by atoms with Gasteiger partial charge < -0.3 is 10.1 Å². The number of H-pyrrole nitrogens is 1. The summed E-state index contributed by atoms with van der Waals surface area (Å²) >= 11 is 0. The van der Waals surface area contributed by atoms with E-state index in [1.165, 1.54) is 0 Å². The fourth-order valence-electron chi connectivity index (χ4n) is 2.92. The van der Waals surface area contributed by atoms with Crippen molar-refractivity contribution < 1.29 is 4.74 Å². The Bertz CT molecular complexity index is 706. The van der Waals surface area contributed by atoms with Crippen molar-refractivity contribution in [3.8, 4) is 6.07 Å². The summed E-state index contributed by atoms with van der Waals surface area (Å²) in [4.78, 5) is 0. The van der Waals surface area contributed by atoms with Gasteiger partial charge in [0.25, 0.3) is 0 Å². The summed E-state index contributed by atoms with van der Waals surface area (Å²) in [5, 5.41) is 27.9. The van der Waals surface area contributed by atoms with E-state index in [0.717, 1.165) is 36.4 Å². The van der Waals surface area contributed by atoms with E-state index in [2.05, 4.69) is 31.8 Å². The van der Waals surface area contributed by atoms with E-state index in [0.29, 0.717) is 23.8 Å².